The van der Waals surface area contributed by atoms with Crippen molar-refractivity contribution in [2.24, 2.45) is 11.1 Å². The summed E-state index contributed by atoms with van der Waals surface area (Å²) < 4.78 is 13.8. The van der Waals surface area contributed by atoms with E-state index in [2.05, 4.69) is 26.1 Å². The third kappa shape index (κ3) is 4.99. The third-order valence-electron chi connectivity index (χ3n) is 2.84. The van der Waals surface area contributed by atoms with Gasteiger partial charge in [0.25, 0.3) is 5.91 Å². The number of amides is 1. The normalized spacial score (nSPS) is 13.2. The molecule has 0 saturated carbocycles. The van der Waals surface area contributed by atoms with Crippen LogP contribution < -0.4 is 11.1 Å². The van der Waals surface area contributed by atoms with Gasteiger partial charge in [-0.25, -0.2) is 4.39 Å². The van der Waals surface area contributed by atoms with Crippen LogP contribution in [-0.2, 0) is 0 Å². The number of aryl methyl sites for hydroxylation is 1. The summed E-state index contributed by atoms with van der Waals surface area (Å²) >= 11 is 0. The van der Waals surface area contributed by atoms with Gasteiger partial charge in [0.15, 0.2) is 0 Å². The van der Waals surface area contributed by atoms with Gasteiger partial charge in [-0.15, -0.1) is 0 Å². The van der Waals surface area contributed by atoms with Crippen LogP contribution in [0.1, 0.15) is 43.1 Å². The maximum Gasteiger partial charge on any atom is 0.254 e. The fraction of sp³-hybridized carbons (Fsp3) is 0.533. The van der Waals surface area contributed by atoms with Gasteiger partial charge >= 0.3 is 0 Å². The van der Waals surface area contributed by atoms with E-state index in [0.717, 1.165) is 6.42 Å². The lowest BCUT2D eigenvalue weighted by Gasteiger charge is -2.23. The zero-order valence-corrected chi connectivity index (χ0v) is 12.1. The van der Waals surface area contributed by atoms with Crippen molar-refractivity contribution in [3.63, 3.8) is 0 Å². The number of halogens is 1. The Kier molecular flexibility index (Phi) is 5.06. The number of nitrogens with one attached hydrogen (secondary N) is 1. The Balaban J connectivity index is 2.59. The van der Waals surface area contributed by atoms with Crippen LogP contribution >= 0.6 is 0 Å². The predicted molar refractivity (Wildman–Crippen MR) is 75.5 cm³/mol. The van der Waals surface area contributed by atoms with Crippen LogP contribution in [0, 0.1) is 18.2 Å². The van der Waals surface area contributed by atoms with E-state index in [0.29, 0.717) is 12.1 Å². The van der Waals surface area contributed by atoms with E-state index < -0.39 is 11.7 Å². The number of hydrogen-bond acceptors (Lipinski definition) is 2. The molecule has 0 saturated heterocycles. The second-order valence-corrected chi connectivity index (χ2v) is 6.17. The van der Waals surface area contributed by atoms with E-state index in [1.165, 1.54) is 6.07 Å². The first-order valence-corrected chi connectivity index (χ1v) is 6.49. The van der Waals surface area contributed by atoms with Crippen molar-refractivity contribution < 1.29 is 9.18 Å². The van der Waals surface area contributed by atoms with Crippen molar-refractivity contribution in [2.75, 3.05) is 6.54 Å². The minimum Gasteiger partial charge on any atom is -0.350 e. The maximum absolute atomic E-state index is 13.8. The first-order valence-electron chi connectivity index (χ1n) is 6.49. The van der Waals surface area contributed by atoms with Crippen molar-refractivity contribution >= 4 is 5.91 Å². The van der Waals surface area contributed by atoms with Crippen molar-refractivity contribution in [3.8, 4) is 0 Å². The lowest BCUT2D eigenvalue weighted by molar-refractivity contribution is 0.0944. The summed E-state index contributed by atoms with van der Waals surface area (Å²) in [5, 5.41) is 2.69. The van der Waals surface area contributed by atoms with Crippen molar-refractivity contribution in [1.82, 2.24) is 5.32 Å². The fourth-order valence-electron chi connectivity index (χ4n) is 2.00. The maximum atomic E-state index is 13.8. The summed E-state index contributed by atoms with van der Waals surface area (Å²) in [6.45, 7) is 8.26. The topological polar surface area (TPSA) is 55.1 Å². The smallest absolute Gasteiger partial charge is 0.254 e. The molecule has 0 bridgehead atoms. The molecule has 1 unspecified atom stereocenters. The van der Waals surface area contributed by atoms with Gasteiger partial charge in [0, 0.05) is 12.6 Å². The summed E-state index contributed by atoms with van der Waals surface area (Å²) in [5.74, 6) is -0.880. The molecule has 0 spiro atoms. The highest BCUT2D eigenvalue weighted by atomic mass is 19.1. The lowest BCUT2D eigenvalue weighted by Crippen LogP contribution is -2.39. The molecule has 0 aromatic heterocycles. The molecule has 3 nitrogen and oxygen atoms in total. The molecular formula is C15H23FN2O. The predicted octanol–water partition coefficient (Wildman–Crippen LogP) is 2.63. The quantitative estimate of drug-likeness (QED) is 0.880. The molecule has 1 amide bonds. The minimum absolute atomic E-state index is 0.0722. The van der Waals surface area contributed by atoms with Gasteiger partial charge in [0.1, 0.15) is 5.82 Å². The summed E-state index contributed by atoms with van der Waals surface area (Å²) in [6, 6.07) is 4.66. The molecule has 0 heterocycles. The number of nitrogens with two attached hydrogens (primary N) is 1. The Morgan fingerprint density at radius 2 is 2.05 bits per heavy atom. The fourth-order valence-corrected chi connectivity index (χ4v) is 2.00. The van der Waals surface area contributed by atoms with E-state index in [4.69, 9.17) is 5.73 Å². The van der Waals surface area contributed by atoms with Crippen LogP contribution in [0.4, 0.5) is 4.39 Å². The Hall–Kier alpha value is -1.42. The first-order chi connectivity index (χ1) is 8.70. The molecule has 106 valence electrons. The second-order valence-electron chi connectivity index (χ2n) is 6.17. The Morgan fingerprint density at radius 3 is 2.63 bits per heavy atom. The molecule has 19 heavy (non-hydrogen) atoms. The van der Waals surface area contributed by atoms with Crippen molar-refractivity contribution in [2.45, 2.75) is 40.2 Å². The van der Waals surface area contributed by atoms with Crippen LogP contribution in [0.5, 0.6) is 0 Å². The standard InChI is InChI=1S/C15H23FN2O/c1-10-6-5-7-12(13(10)16)14(19)18-9-11(17)8-15(2,3)4/h5-7,11H,8-9,17H2,1-4H3,(H,18,19). The summed E-state index contributed by atoms with van der Waals surface area (Å²) in [4.78, 5) is 11.9. The molecule has 1 rings (SSSR count). The monoisotopic (exact) mass is 266 g/mol. The number of rotatable bonds is 4. The zero-order chi connectivity index (χ0) is 14.6. The number of benzene rings is 1. The van der Waals surface area contributed by atoms with Crippen LogP contribution in [0.15, 0.2) is 18.2 Å². The number of hydrogen-bond donors (Lipinski definition) is 2. The SMILES string of the molecule is Cc1cccc(C(=O)NCC(N)CC(C)(C)C)c1F. The molecule has 0 aliphatic rings. The number of carbonyl (C=O) groups excluding carboxylic acids is 1. The second kappa shape index (κ2) is 6.15. The summed E-state index contributed by atoms with van der Waals surface area (Å²) in [5.41, 5.74) is 6.59. The zero-order valence-electron chi connectivity index (χ0n) is 12.1. The highest BCUT2D eigenvalue weighted by molar-refractivity contribution is 5.94. The summed E-state index contributed by atoms with van der Waals surface area (Å²) in [7, 11) is 0. The Bertz CT molecular complexity index is 452. The van der Waals surface area contributed by atoms with Crippen LogP contribution in [0.2, 0.25) is 0 Å². The van der Waals surface area contributed by atoms with Gasteiger partial charge in [-0.1, -0.05) is 32.9 Å². The lowest BCUT2D eigenvalue weighted by atomic mass is 9.88. The van der Waals surface area contributed by atoms with Gasteiger partial charge in [0.05, 0.1) is 5.56 Å². The van der Waals surface area contributed by atoms with Crippen LogP contribution in [0.25, 0.3) is 0 Å². The van der Waals surface area contributed by atoms with E-state index in [-0.39, 0.29) is 17.0 Å². The third-order valence-corrected chi connectivity index (χ3v) is 2.84. The molecular weight excluding hydrogens is 243 g/mol. The molecule has 0 radical (unpaired) electrons. The van der Waals surface area contributed by atoms with Gasteiger partial charge in [-0.05, 0) is 30.4 Å². The largest absolute Gasteiger partial charge is 0.350 e. The van der Waals surface area contributed by atoms with E-state index in [1.807, 2.05) is 0 Å². The average molecular weight is 266 g/mol. The highest BCUT2D eigenvalue weighted by Crippen LogP contribution is 2.19. The van der Waals surface area contributed by atoms with Gasteiger partial charge in [0.2, 0.25) is 0 Å². The van der Waals surface area contributed by atoms with Gasteiger partial charge in [-0.3, -0.25) is 4.79 Å². The van der Waals surface area contributed by atoms with Gasteiger partial charge in [-0.2, -0.15) is 0 Å². The van der Waals surface area contributed by atoms with E-state index >= 15 is 0 Å². The minimum atomic E-state index is -0.468. The van der Waals surface area contributed by atoms with Crippen LogP contribution in [-0.4, -0.2) is 18.5 Å². The van der Waals surface area contributed by atoms with Gasteiger partial charge < -0.3 is 11.1 Å². The molecule has 1 aromatic carbocycles. The average Bonchev–Trinajstić information content (AvgIpc) is 2.27. The van der Waals surface area contributed by atoms with E-state index in [9.17, 15) is 9.18 Å². The first kappa shape index (κ1) is 15.6. The Labute approximate surface area is 114 Å². The summed E-state index contributed by atoms with van der Waals surface area (Å²) in [6.07, 6.45) is 0.795. The van der Waals surface area contributed by atoms with E-state index in [1.54, 1.807) is 19.1 Å². The number of carbonyl (C=O) groups is 1. The van der Waals surface area contributed by atoms with Crippen LogP contribution in [0.3, 0.4) is 0 Å². The van der Waals surface area contributed by atoms with Crippen molar-refractivity contribution in [1.29, 1.82) is 0 Å². The molecule has 0 fully saturated rings. The van der Waals surface area contributed by atoms with Crippen molar-refractivity contribution in [3.05, 3.63) is 35.1 Å². The molecule has 0 aliphatic carbocycles. The molecule has 1 aromatic rings. The molecule has 3 N–H and O–H groups in total. The highest BCUT2D eigenvalue weighted by Gasteiger charge is 2.18. The molecule has 0 aliphatic heterocycles. The molecule has 1 atom stereocenters. The molecule has 4 heteroatoms. The Morgan fingerprint density at radius 1 is 1.42 bits per heavy atom.